The third-order valence-electron chi connectivity index (χ3n) is 2.49. The summed E-state index contributed by atoms with van der Waals surface area (Å²) in [4.78, 5) is 4.31. The zero-order valence-electron chi connectivity index (χ0n) is 8.81. The van der Waals surface area contributed by atoms with E-state index in [0.29, 0.717) is 0 Å². The van der Waals surface area contributed by atoms with Crippen LogP contribution in [-0.4, -0.2) is 14.8 Å². The lowest BCUT2D eigenvalue weighted by molar-refractivity contribution is 0.710. The topological polar surface area (TPSA) is 54.5 Å². The maximum atomic E-state index is 9.37. The predicted molar refractivity (Wildman–Crippen MR) is 65.1 cm³/mol. The van der Waals surface area contributed by atoms with Crippen LogP contribution < -0.4 is 0 Å². The highest BCUT2D eigenvalue weighted by Crippen LogP contribution is 2.32. The lowest BCUT2D eigenvalue weighted by atomic mass is 9.83. The molecule has 6 heteroatoms. The van der Waals surface area contributed by atoms with E-state index in [1.54, 1.807) is 10.9 Å². The molecule has 0 radical (unpaired) electrons. The van der Waals surface area contributed by atoms with Gasteiger partial charge in [0.15, 0.2) is 3.92 Å². The summed E-state index contributed by atoms with van der Waals surface area (Å²) < 4.78 is 2.47. The molecular formula is C10H9BrN4S. The second kappa shape index (κ2) is 4.00. The molecule has 2 aromatic heterocycles. The summed E-state index contributed by atoms with van der Waals surface area (Å²) in [5.41, 5.74) is 0.867. The summed E-state index contributed by atoms with van der Waals surface area (Å²) in [6.45, 7) is 1.85. The van der Waals surface area contributed by atoms with E-state index < -0.39 is 5.41 Å². The normalized spacial score (nSPS) is 14.4. The maximum Gasteiger partial charge on any atom is 0.159 e. The van der Waals surface area contributed by atoms with Gasteiger partial charge in [-0.3, -0.25) is 4.68 Å². The van der Waals surface area contributed by atoms with Crippen LogP contribution in [0.2, 0.25) is 0 Å². The van der Waals surface area contributed by atoms with Crippen molar-refractivity contribution in [3.05, 3.63) is 32.9 Å². The highest BCUT2D eigenvalue weighted by Gasteiger charge is 2.32. The van der Waals surface area contributed by atoms with Crippen molar-refractivity contribution < 1.29 is 0 Å². The molecule has 2 rings (SSSR count). The molecule has 0 saturated carbocycles. The molecule has 16 heavy (non-hydrogen) atoms. The van der Waals surface area contributed by atoms with Crippen molar-refractivity contribution in [1.29, 1.82) is 5.26 Å². The molecule has 1 atom stereocenters. The largest absolute Gasteiger partial charge is 0.275 e. The monoisotopic (exact) mass is 296 g/mol. The third-order valence-corrected chi connectivity index (χ3v) is 3.86. The minimum absolute atomic E-state index is 0.739. The van der Waals surface area contributed by atoms with Crippen LogP contribution >= 0.6 is 27.3 Å². The van der Waals surface area contributed by atoms with Gasteiger partial charge < -0.3 is 0 Å². The fraction of sp³-hybridized carbons (Fsp3) is 0.300. The second-order valence-corrected chi connectivity index (χ2v) is 5.76. The zero-order valence-corrected chi connectivity index (χ0v) is 11.2. The molecule has 0 saturated heterocycles. The van der Waals surface area contributed by atoms with Gasteiger partial charge in [-0.05, 0) is 22.9 Å². The molecule has 0 aliphatic heterocycles. The fourth-order valence-corrected chi connectivity index (χ4v) is 2.55. The van der Waals surface area contributed by atoms with E-state index >= 15 is 0 Å². The first-order valence-electron chi connectivity index (χ1n) is 4.58. The quantitative estimate of drug-likeness (QED) is 0.855. The fourth-order valence-electron chi connectivity index (χ4n) is 1.43. The molecule has 0 N–H and O–H groups in total. The van der Waals surface area contributed by atoms with E-state index in [9.17, 15) is 5.26 Å². The Morgan fingerprint density at radius 2 is 2.38 bits per heavy atom. The average molecular weight is 297 g/mol. The van der Waals surface area contributed by atoms with Gasteiger partial charge in [0.1, 0.15) is 5.41 Å². The first-order chi connectivity index (χ1) is 7.56. The molecule has 0 aliphatic carbocycles. The summed E-state index contributed by atoms with van der Waals surface area (Å²) in [5.74, 6) is 0. The molecule has 1 unspecified atom stereocenters. The first-order valence-corrected chi connectivity index (χ1v) is 6.25. The van der Waals surface area contributed by atoms with Gasteiger partial charge in [-0.15, -0.1) is 11.3 Å². The Bertz CT molecular complexity index is 511. The summed E-state index contributed by atoms with van der Waals surface area (Å²) in [6, 6.07) is 2.31. The van der Waals surface area contributed by atoms with Gasteiger partial charge >= 0.3 is 0 Å². The summed E-state index contributed by atoms with van der Waals surface area (Å²) in [7, 11) is 1.83. The molecule has 0 bridgehead atoms. The summed E-state index contributed by atoms with van der Waals surface area (Å²) >= 11 is 4.78. The Labute approximate surface area is 106 Å². The minimum atomic E-state index is -0.739. The number of rotatable bonds is 2. The predicted octanol–water partition coefficient (Wildman–Crippen LogP) is 2.47. The van der Waals surface area contributed by atoms with Gasteiger partial charge in [0.05, 0.1) is 18.0 Å². The molecule has 0 aromatic carbocycles. The van der Waals surface area contributed by atoms with E-state index in [-0.39, 0.29) is 0 Å². The average Bonchev–Trinajstić information content (AvgIpc) is 2.86. The number of thiazole rings is 1. The molecule has 2 aromatic rings. The summed E-state index contributed by atoms with van der Waals surface area (Å²) in [5, 5.41) is 15.4. The smallest absolute Gasteiger partial charge is 0.159 e. The molecule has 0 aliphatic rings. The molecule has 2 heterocycles. The van der Waals surface area contributed by atoms with Crippen molar-refractivity contribution in [2.24, 2.45) is 7.05 Å². The second-order valence-electron chi connectivity index (χ2n) is 3.63. The van der Waals surface area contributed by atoms with E-state index in [0.717, 1.165) is 15.2 Å². The SMILES string of the molecule is Cn1cc(C(C)(C#N)c2csc(Br)n2)cn1. The van der Waals surface area contributed by atoms with Gasteiger partial charge in [-0.2, -0.15) is 10.4 Å². The van der Waals surface area contributed by atoms with Crippen LogP contribution in [0, 0.1) is 11.3 Å². The lowest BCUT2D eigenvalue weighted by Crippen LogP contribution is -2.21. The third kappa shape index (κ3) is 1.77. The van der Waals surface area contributed by atoms with Crippen LogP contribution in [0.4, 0.5) is 0 Å². The van der Waals surface area contributed by atoms with Crippen LogP contribution in [0.25, 0.3) is 0 Å². The van der Waals surface area contributed by atoms with Gasteiger partial charge in [0.25, 0.3) is 0 Å². The van der Waals surface area contributed by atoms with Crippen LogP contribution in [-0.2, 0) is 12.5 Å². The highest BCUT2D eigenvalue weighted by atomic mass is 79.9. The molecular weight excluding hydrogens is 288 g/mol. The standard InChI is InChI=1S/C10H9BrN4S/c1-10(6-12,7-3-13-15(2)4-7)8-5-16-9(11)14-8/h3-5H,1-2H3. The number of hydrogen-bond acceptors (Lipinski definition) is 4. The highest BCUT2D eigenvalue weighted by molar-refractivity contribution is 9.11. The van der Waals surface area contributed by atoms with Crippen LogP contribution in [0.5, 0.6) is 0 Å². The van der Waals surface area contributed by atoms with E-state index in [2.05, 4.69) is 32.1 Å². The Morgan fingerprint density at radius 3 is 2.81 bits per heavy atom. The number of halogens is 1. The number of nitrogens with zero attached hydrogens (tertiary/aromatic N) is 4. The Morgan fingerprint density at radius 1 is 1.62 bits per heavy atom. The van der Waals surface area contributed by atoms with E-state index in [1.807, 2.05) is 25.5 Å². The Kier molecular flexibility index (Phi) is 2.82. The van der Waals surface area contributed by atoms with Gasteiger partial charge in [-0.1, -0.05) is 0 Å². The zero-order chi connectivity index (χ0) is 11.8. The van der Waals surface area contributed by atoms with Crippen LogP contribution in [0.3, 0.4) is 0 Å². The van der Waals surface area contributed by atoms with E-state index in [1.165, 1.54) is 11.3 Å². The van der Waals surface area contributed by atoms with Gasteiger partial charge in [0, 0.05) is 24.2 Å². The Balaban J connectivity index is 2.52. The minimum Gasteiger partial charge on any atom is -0.275 e. The van der Waals surface area contributed by atoms with Crippen molar-refractivity contribution in [1.82, 2.24) is 14.8 Å². The lowest BCUT2D eigenvalue weighted by Gasteiger charge is -2.16. The number of aromatic nitrogens is 3. The van der Waals surface area contributed by atoms with Crippen molar-refractivity contribution in [2.75, 3.05) is 0 Å². The van der Waals surface area contributed by atoms with Crippen LogP contribution in [0.1, 0.15) is 18.2 Å². The van der Waals surface area contributed by atoms with Gasteiger partial charge in [-0.25, -0.2) is 4.98 Å². The van der Waals surface area contributed by atoms with Gasteiger partial charge in [0.2, 0.25) is 0 Å². The first kappa shape index (κ1) is 11.3. The van der Waals surface area contributed by atoms with Crippen molar-refractivity contribution in [3.8, 4) is 6.07 Å². The number of nitriles is 1. The van der Waals surface area contributed by atoms with E-state index in [4.69, 9.17) is 0 Å². The van der Waals surface area contributed by atoms with Crippen molar-refractivity contribution in [2.45, 2.75) is 12.3 Å². The maximum absolute atomic E-state index is 9.37. The molecule has 4 nitrogen and oxygen atoms in total. The molecule has 0 fully saturated rings. The van der Waals surface area contributed by atoms with Crippen molar-refractivity contribution >= 4 is 27.3 Å². The molecule has 0 spiro atoms. The summed E-state index contributed by atoms with van der Waals surface area (Å²) in [6.07, 6.45) is 3.55. The van der Waals surface area contributed by atoms with Crippen molar-refractivity contribution in [3.63, 3.8) is 0 Å². The Hall–Kier alpha value is -1.19. The molecule has 82 valence electrons. The molecule has 0 amide bonds. The number of hydrogen-bond donors (Lipinski definition) is 0. The number of aryl methyl sites for hydroxylation is 1. The van der Waals surface area contributed by atoms with Crippen LogP contribution in [0.15, 0.2) is 21.7 Å².